The van der Waals surface area contributed by atoms with Crippen LogP contribution in [0.5, 0.6) is 0 Å². The van der Waals surface area contributed by atoms with Gasteiger partial charge in [0.2, 0.25) is 13.6 Å². The topological polar surface area (TPSA) is 185 Å². The fourth-order valence-electron chi connectivity index (χ4n) is 2.29. The highest BCUT2D eigenvalue weighted by Gasteiger charge is 2.28. The molecule has 2 rings (SSSR count). The zero-order chi connectivity index (χ0) is 24.4. The lowest BCUT2D eigenvalue weighted by molar-refractivity contribution is -0.0315. The number of carbonyl (C=O) groups excluding carboxylic acids is 2. The Balaban J connectivity index is 1.95. The molecule has 2 aromatic heterocycles. The summed E-state index contributed by atoms with van der Waals surface area (Å²) in [6.45, 7) is 3.71. The molecular weight excluding hydrogens is 465 g/mol. The van der Waals surface area contributed by atoms with Gasteiger partial charge in [-0.1, -0.05) is 0 Å². The van der Waals surface area contributed by atoms with E-state index in [0.717, 1.165) is 7.11 Å². The maximum Gasteiger partial charge on any atom is 0.510 e. The van der Waals surface area contributed by atoms with E-state index in [2.05, 4.69) is 29.2 Å². The number of methoxy groups -OCH3 is 1. The van der Waals surface area contributed by atoms with Gasteiger partial charge in [-0.3, -0.25) is 13.6 Å². The predicted molar refractivity (Wildman–Crippen MR) is 111 cm³/mol. The normalized spacial score (nSPS) is 14.0. The highest BCUT2D eigenvalue weighted by molar-refractivity contribution is 7.53. The molecule has 33 heavy (non-hydrogen) atoms. The van der Waals surface area contributed by atoms with Crippen molar-refractivity contribution in [3.05, 3.63) is 12.7 Å². The van der Waals surface area contributed by atoms with Crippen molar-refractivity contribution in [2.75, 3.05) is 32.8 Å². The van der Waals surface area contributed by atoms with Gasteiger partial charge >= 0.3 is 19.9 Å². The third-order valence-corrected chi connectivity index (χ3v) is 5.21. The summed E-state index contributed by atoms with van der Waals surface area (Å²) >= 11 is 0. The lowest BCUT2D eigenvalue weighted by Crippen LogP contribution is -2.20. The smallest absolute Gasteiger partial charge is 0.438 e. The molecule has 0 radical (unpaired) electrons. The largest absolute Gasteiger partial charge is 0.510 e. The van der Waals surface area contributed by atoms with Crippen molar-refractivity contribution >= 4 is 36.9 Å². The summed E-state index contributed by atoms with van der Waals surface area (Å²) in [5.74, 6) is 0.236. The molecular formula is C17H26N5O10P. The number of fused-ring (bicyclic) bond motifs is 1. The fourth-order valence-corrected chi connectivity index (χ4v) is 3.37. The first-order valence-corrected chi connectivity index (χ1v) is 11.3. The third kappa shape index (κ3) is 8.46. The van der Waals surface area contributed by atoms with Gasteiger partial charge in [0, 0.05) is 0 Å². The molecule has 2 atom stereocenters. The summed E-state index contributed by atoms with van der Waals surface area (Å²) in [6.07, 6.45) is -0.745. The van der Waals surface area contributed by atoms with Gasteiger partial charge in [-0.2, -0.15) is 0 Å². The summed E-state index contributed by atoms with van der Waals surface area (Å²) in [6, 6.07) is 0. The monoisotopic (exact) mass is 491 g/mol. The Bertz CT molecular complexity index is 984. The maximum absolute atomic E-state index is 13.0. The summed E-state index contributed by atoms with van der Waals surface area (Å²) in [5, 5.41) is 0. The van der Waals surface area contributed by atoms with E-state index in [1.54, 1.807) is 25.3 Å². The van der Waals surface area contributed by atoms with Gasteiger partial charge in [0.15, 0.2) is 11.5 Å². The molecule has 16 heteroatoms. The Morgan fingerprint density at radius 2 is 1.76 bits per heavy atom. The zero-order valence-electron chi connectivity index (χ0n) is 18.5. The number of nitrogens with two attached hydrogens (primary N) is 1. The molecule has 2 heterocycles. The second kappa shape index (κ2) is 12.3. The standard InChI is InChI=1S/C17H26N5O10P/c1-11(2)32-17(24)28-9-31-33(25,30-8-27-16(23)26-4)10-29-12(3)5-22-7-21-13-14(18)19-6-20-15(13)22/h6-7,11-12H,5,8-10H2,1-4H3,(H2,18,19,20)/t12-,33+/m1/s1. The molecule has 15 nitrogen and oxygen atoms in total. The molecule has 184 valence electrons. The molecule has 0 aliphatic heterocycles. The molecule has 0 unspecified atom stereocenters. The van der Waals surface area contributed by atoms with E-state index >= 15 is 0 Å². The van der Waals surface area contributed by atoms with Gasteiger partial charge in [0.25, 0.3) is 0 Å². The number of rotatable bonds is 12. The van der Waals surface area contributed by atoms with E-state index < -0.39 is 52.0 Å². The number of aromatic nitrogens is 4. The van der Waals surface area contributed by atoms with Crippen LogP contribution in [-0.4, -0.2) is 71.1 Å². The summed E-state index contributed by atoms with van der Waals surface area (Å²) in [4.78, 5) is 34.7. The fraction of sp³-hybridized carbons (Fsp3) is 0.588. The number of hydrogen-bond acceptors (Lipinski definition) is 14. The number of ether oxygens (including phenoxy) is 5. The Kier molecular flexibility index (Phi) is 9.78. The summed E-state index contributed by atoms with van der Waals surface area (Å²) in [5.41, 5.74) is 6.71. The molecule has 0 aliphatic carbocycles. The number of anilines is 1. The molecule has 0 fully saturated rings. The van der Waals surface area contributed by atoms with Crippen molar-refractivity contribution in [3.8, 4) is 0 Å². The molecule has 0 saturated heterocycles. The van der Waals surface area contributed by atoms with Crippen molar-refractivity contribution < 1.29 is 46.9 Å². The number of imidazole rings is 1. The Morgan fingerprint density at radius 3 is 2.39 bits per heavy atom. The predicted octanol–water partition coefficient (Wildman–Crippen LogP) is 2.26. The van der Waals surface area contributed by atoms with Gasteiger partial charge in [-0.25, -0.2) is 24.5 Å². The van der Waals surface area contributed by atoms with Crippen LogP contribution in [0.25, 0.3) is 11.2 Å². The molecule has 2 N–H and O–H groups in total. The molecule has 0 amide bonds. The first kappa shape index (κ1) is 26.3. The molecule has 0 aromatic carbocycles. The second-order valence-electron chi connectivity index (χ2n) is 6.70. The highest BCUT2D eigenvalue weighted by Crippen LogP contribution is 2.48. The van der Waals surface area contributed by atoms with Gasteiger partial charge in [-0.05, 0) is 20.8 Å². The van der Waals surface area contributed by atoms with E-state index in [-0.39, 0.29) is 12.4 Å². The highest BCUT2D eigenvalue weighted by atomic mass is 31.2. The van der Waals surface area contributed by atoms with Crippen molar-refractivity contribution in [1.82, 2.24) is 19.5 Å². The minimum Gasteiger partial charge on any atom is -0.438 e. The first-order valence-electron chi connectivity index (χ1n) is 9.58. The molecule has 0 bridgehead atoms. The quantitative estimate of drug-likeness (QED) is 0.259. The zero-order valence-corrected chi connectivity index (χ0v) is 19.4. The van der Waals surface area contributed by atoms with Crippen molar-refractivity contribution in [2.24, 2.45) is 0 Å². The lowest BCUT2D eigenvalue weighted by atomic mass is 10.4. The average molecular weight is 491 g/mol. The van der Waals surface area contributed by atoms with Crippen molar-refractivity contribution in [3.63, 3.8) is 0 Å². The minimum atomic E-state index is -4.03. The SMILES string of the molecule is COC(=O)OCO[P@@](=O)(CO[C@H](C)Cn1cnc2c(N)ncnc21)OCOC(=O)OC(C)C. The summed E-state index contributed by atoms with van der Waals surface area (Å²) < 4.78 is 48.6. The molecule has 0 spiro atoms. The van der Waals surface area contributed by atoms with Crippen LogP contribution in [0, 0.1) is 0 Å². The van der Waals surface area contributed by atoms with E-state index in [1.807, 2.05) is 0 Å². The van der Waals surface area contributed by atoms with Crippen LogP contribution in [0.1, 0.15) is 20.8 Å². The molecule has 2 aromatic rings. The lowest BCUT2D eigenvalue weighted by Gasteiger charge is -2.21. The van der Waals surface area contributed by atoms with Crippen LogP contribution in [0.4, 0.5) is 15.4 Å². The van der Waals surface area contributed by atoms with Crippen LogP contribution < -0.4 is 5.73 Å². The Morgan fingerprint density at radius 1 is 1.09 bits per heavy atom. The number of nitrogens with zero attached hydrogens (tertiary/aromatic N) is 4. The van der Waals surface area contributed by atoms with E-state index in [9.17, 15) is 14.2 Å². The van der Waals surface area contributed by atoms with Crippen LogP contribution in [0.15, 0.2) is 12.7 Å². The first-order chi connectivity index (χ1) is 15.6. The van der Waals surface area contributed by atoms with Crippen LogP contribution in [0.2, 0.25) is 0 Å². The second-order valence-corrected chi connectivity index (χ2v) is 8.70. The third-order valence-electron chi connectivity index (χ3n) is 3.75. The maximum atomic E-state index is 13.0. The Hall–Kier alpha value is -3.00. The van der Waals surface area contributed by atoms with Crippen LogP contribution in [0.3, 0.4) is 0 Å². The summed E-state index contributed by atoms with van der Waals surface area (Å²) in [7, 11) is -2.94. The van der Waals surface area contributed by atoms with Crippen LogP contribution >= 0.6 is 7.60 Å². The minimum absolute atomic E-state index is 0.236. The molecule has 0 aliphatic rings. The van der Waals surface area contributed by atoms with Gasteiger partial charge < -0.3 is 34.0 Å². The van der Waals surface area contributed by atoms with E-state index in [1.165, 1.54) is 12.7 Å². The number of nitrogen functional groups attached to an aromatic ring is 1. The van der Waals surface area contributed by atoms with Crippen LogP contribution in [-0.2, 0) is 43.8 Å². The Labute approximate surface area is 188 Å². The average Bonchev–Trinajstić information content (AvgIpc) is 3.16. The van der Waals surface area contributed by atoms with Gasteiger partial charge in [-0.15, -0.1) is 0 Å². The number of hydrogen-bond donors (Lipinski definition) is 1. The van der Waals surface area contributed by atoms with E-state index in [0.29, 0.717) is 11.2 Å². The van der Waals surface area contributed by atoms with Crippen molar-refractivity contribution in [1.29, 1.82) is 0 Å². The van der Waals surface area contributed by atoms with Crippen molar-refractivity contribution in [2.45, 2.75) is 39.5 Å². The number of carbonyl (C=O) groups is 2. The van der Waals surface area contributed by atoms with Gasteiger partial charge in [0.1, 0.15) is 18.2 Å². The molecule has 0 saturated carbocycles. The van der Waals surface area contributed by atoms with Gasteiger partial charge in [0.05, 0.1) is 32.2 Å². The van der Waals surface area contributed by atoms with E-state index in [4.69, 9.17) is 24.3 Å².